The smallest absolute Gasteiger partial charge is 0.247 e. The van der Waals surface area contributed by atoms with Crippen molar-refractivity contribution in [1.29, 1.82) is 0 Å². The van der Waals surface area contributed by atoms with Gasteiger partial charge in [0.1, 0.15) is 17.8 Å². The zero-order chi connectivity index (χ0) is 14.1. The van der Waals surface area contributed by atoms with Gasteiger partial charge in [-0.25, -0.2) is 4.98 Å². The molecule has 20 heavy (non-hydrogen) atoms. The highest BCUT2D eigenvalue weighted by molar-refractivity contribution is 6.32. The minimum Gasteiger partial charge on any atom is -0.437 e. The summed E-state index contributed by atoms with van der Waals surface area (Å²) in [6.07, 6.45) is 2.43. The highest BCUT2D eigenvalue weighted by Gasteiger charge is 2.16. The number of amides is 1. The molecule has 1 aromatic carbocycles. The number of rotatable bonds is 2. The monoisotopic (exact) mass is 290 g/mol. The van der Waals surface area contributed by atoms with Crippen LogP contribution in [0.2, 0.25) is 5.15 Å². The largest absolute Gasteiger partial charge is 0.437 e. The maximum Gasteiger partial charge on any atom is 0.247 e. The van der Waals surface area contributed by atoms with Gasteiger partial charge in [-0.1, -0.05) is 11.6 Å². The second kappa shape index (κ2) is 4.97. The van der Waals surface area contributed by atoms with Crippen LogP contribution in [0, 0.1) is 0 Å². The van der Waals surface area contributed by atoms with E-state index < -0.39 is 0 Å². The van der Waals surface area contributed by atoms with Crippen LogP contribution < -0.4 is 15.8 Å². The summed E-state index contributed by atoms with van der Waals surface area (Å²) in [4.78, 5) is 19.0. The molecule has 2 aromatic rings. The number of nitrogens with two attached hydrogens (primary N) is 1. The number of aryl methyl sites for hydroxylation is 1. The third kappa shape index (κ3) is 2.37. The fourth-order valence-electron chi connectivity index (χ4n) is 1.98. The number of fused-ring (bicyclic) bond motifs is 1. The van der Waals surface area contributed by atoms with E-state index in [9.17, 15) is 4.79 Å². The molecule has 0 radical (unpaired) electrons. The molecule has 0 bridgehead atoms. The molecule has 0 aliphatic carbocycles. The fourth-order valence-corrected chi connectivity index (χ4v) is 2.10. The Balaban J connectivity index is 1.88. The lowest BCUT2D eigenvalue weighted by molar-refractivity contribution is -0.116. The summed E-state index contributed by atoms with van der Waals surface area (Å²) >= 11 is 5.81. The van der Waals surface area contributed by atoms with E-state index >= 15 is 0 Å². The number of nitrogens with one attached hydrogen (secondary N) is 1. The van der Waals surface area contributed by atoms with Gasteiger partial charge in [-0.2, -0.15) is 4.98 Å². The molecule has 1 aliphatic heterocycles. The van der Waals surface area contributed by atoms with Gasteiger partial charge in [0.15, 0.2) is 5.15 Å². The average molecular weight is 291 g/mol. The number of hydrogen-bond donors (Lipinski definition) is 2. The van der Waals surface area contributed by atoms with Crippen molar-refractivity contribution in [3.63, 3.8) is 0 Å². The van der Waals surface area contributed by atoms with Gasteiger partial charge in [0.2, 0.25) is 11.8 Å². The van der Waals surface area contributed by atoms with Gasteiger partial charge in [-0.15, -0.1) is 0 Å². The lowest BCUT2D eigenvalue weighted by Crippen LogP contribution is -2.18. The van der Waals surface area contributed by atoms with Gasteiger partial charge in [0, 0.05) is 12.1 Å². The minimum absolute atomic E-state index is 0.0259. The second-order valence-corrected chi connectivity index (χ2v) is 4.71. The average Bonchev–Trinajstić information content (AvgIpc) is 2.44. The number of carbonyl (C=O) groups is 1. The normalized spacial score (nSPS) is 13.6. The minimum atomic E-state index is 0.0259. The van der Waals surface area contributed by atoms with Crippen LogP contribution in [0.4, 0.5) is 11.4 Å². The third-order valence-electron chi connectivity index (χ3n) is 2.99. The lowest BCUT2D eigenvalue weighted by atomic mass is 10.0. The molecule has 0 saturated carbocycles. The van der Waals surface area contributed by atoms with Gasteiger partial charge in [0.25, 0.3) is 0 Å². The van der Waals surface area contributed by atoms with Crippen LogP contribution in [0.25, 0.3) is 0 Å². The third-order valence-corrected chi connectivity index (χ3v) is 3.29. The zero-order valence-corrected chi connectivity index (χ0v) is 11.1. The molecule has 1 aliphatic rings. The van der Waals surface area contributed by atoms with Crippen LogP contribution in [-0.2, 0) is 11.2 Å². The summed E-state index contributed by atoms with van der Waals surface area (Å²) < 4.78 is 5.61. The van der Waals surface area contributed by atoms with E-state index in [1.165, 1.54) is 6.33 Å². The number of nitrogen functional groups attached to an aromatic ring is 1. The van der Waals surface area contributed by atoms with Crippen molar-refractivity contribution in [2.75, 3.05) is 11.1 Å². The maximum atomic E-state index is 11.3. The number of benzene rings is 1. The van der Waals surface area contributed by atoms with Crippen molar-refractivity contribution in [2.45, 2.75) is 12.8 Å². The van der Waals surface area contributed by atoms with Crippen molar-refractivity contribution in [2.24, 2.45) is 0 Å². The molecule has 6 nitrogen and oxygen atoms in total. The molecule has 7 heteroatoms. The standard InChI is InChI=1S/C13H11ClN4O2/c14-12-11(15)13(17-6-16-12)20-8-2-3-9-7(5-8)1-4-10(19)18-9/h2-3,5-6H,1,4,15H2,(H,18,19). The number of aromatic nitrogens is 2. The van der Waals surface area contributed by atoms with Crippen molar-refractivity contribution >= 4 is 28.9 Å². The van der Waals surface area contributed by atoms with Crippen molar-refractivity contribution in [3.05, 3.63) is 35.2 Å². The van der Waals surface area contributed by atoms with Crippen LogP contribution in [0.15, 0.2) is 24.5 Å². The Labute approximate surface area is 119 Å². The molecule has 0 saturated heterocycles. The van der Waals surface area contributed by atoms with E-state index in [4.69, 9.17) is 22.1 Å². The summed E-state index contributed by atoms with van der Waals surface area (Å²) in [6.45, 7) is 0. The van der Waals surface area contributed by atoms with Crippen molar-refractivity contribution < 1.29 is 9.53 Å². The number of anilines is 2. The number of halogens is 1. The molecule has 0 spiro atoms. The zero-order valence-electron chi connectivity index (χ0n) is 10.4. The van der Waals surface area contributed by atoms with E-state index in [0.717, 1.165) is 11.3 Å². The number of ether oxygens (including phenoxy) is 1. The molecule has 3 rings (SSSR count). The molecule has 102 valence electrons. The SMILES string of the molecule is Nc1c(Cl)ncnc1Oc1ccc2c(c1)CCC(=O)N2. The predicted molar refractivity (Wildman–Crippen MR) is 74.9 cm³/mol. The first-order chi connectivity index (χ1) is 9.63. The molecular weight excluding hydrogens is 280 g/mol. The molecule has 2 heterocycles. The van der Waals surface area contributed by atoms with Gasteiger partial charge in [-0.3, -0.25) is 4.79 Å². The van der Waals surface area contributed by atoms with Gasteiger partial charge in [0.05, 0.1) is 0 Å². The van der Waals surface area contributed by atoms with E-state index in [-0.39, 0.29) is 22.6 Å². The molecule has 1 amide bonds. The molecule has 0 unspecified atom stereocenters. The van der Waals surface area contributed by atoms with Crippen LogP contribution in [0.3, 0.4) is 0 Å². The first kappa shape index (κ1) is 12.7. The summed E-state index contributed by atoms with van der Waals surface area (Å²) in [7, 11) is 0. The Morgan fingerprint density at radius 3 is 3.00 bits per heavy atom. The van der Waals surface area contributed by atoms with Crippen LogP contribution >= 0.6 is 11.6 Å². The summed E-state index contributed by atoms with van der Waals surface area (Å²) in [5.74, 6) is 0.823. The Morgan fingerprint density at radius 1 is 1.30 bits per heavy atom. The summed E-state index contributed by atoms with van der Waals surface area (Å²) in [5.41, 5.74) is 7.76. The van der Waals surface area contributed by atoms with Gasteiger partial charge < -0.3 is 15.8 Å². The molecule has 0 fully saturated rings. The van der Waals surface area contributed by atoms with E-state index in [0.29, 0.717) is 18.6 Å². The quantitative estimate of drug-likeness (QED) is 0.829. The van der Waals surface area contributed by atoms with E-state index in [1.807, 2.05) is 6.07 Å². The van der Waals surface area contributed by atoms with E-state index in [1.54, 1.807) is 12.1 Å². The van der Waals surface area contributed by atoms with Crippen LogP contribution in [0.5, 0.6) is 11.6 Å². The Hall–Kier alpha value is -2.34. The highest BCUT2D eigenvalue weighted by atomic mass is 35.5. The molecule has 1 aromatic heterocycles. The Kier molecular flexibility index (Phi) is 3.15. The second-order valence-electron chi connectivity index (χ2n) is 4.35. The Morgan fingerprint density at radius 2 is 2.15 bits per heavy atom. The van der Waals surface area contributed by atoms with Crippen molar-refractivity contribution in [3.8, 4) is 11.6 Å². The number of hydrogen-bond acceptors (Lipinski definition) is 5. The van der Waals surface area contributed by atoms with Crippen LogP contribution in [0.1, 0.15) is 12.0 Å². The Bertz CT molecular complexity index is 690. The topological polar surface area (TPSA) is 90.1 Å². The van der Waals surface area contributed by atoms with Crippen molar-refractivity contribution in [1.82, 2.24) is 9.97 Å². The predicted octanol–water partition coefficient (Wildman–Crippen LogP) is 2.39. The molecular formula is C13H11ClN4O2. The summed E-state index contributed by atoms with van der Waals surface area (Å²) in [6, 6.07) is 5.38. The number of carbonyl (C=O) groups excluding carboxylic acids is 1. The first-order valence-electron chi connectivity index (χ1n) is 6.00. The summed E-state index contributed by atoms with van der Waals surface area (Å²) in [5, 5.41) is 2.96. The van der Waals surface area contributed by atoms with Gasteiger partial charge in [-0.05, 0) is 30.2 Å². The lowest BCUT2D eigenvalue weighted by Gasteiger charge is -2.17. The number of nitrogens with zero attached hydrogens (tertiary/aromatic N) is 2. The molecule has 3 N–H and O–H groups in total. The maximum absolute atomic E-state index is 11.3. The van der Waals surface area contributed by atoms with Crippen LogP contribution in [-0.4, -0.2) is 15.9 Å². The highest BCUT2D eigenvalue weighted by Crippen LogP contribution is 2.32. The molecule has 0 atom stereocenters. The fraction of sp³-hybridized carbons (Fsp3) is 0.154. The first-order valence-corrected chi connectivity index (χ1v) is 6.38. The van der Waals surface area contributed by atoms with Gasteiger partial charge >= 0.3 is 0 Å². The van der Waals surface area contributed by atoms with E-state index in [2.05, 4.69) is 15.3 Å².